The highest BCUT2D eigenvalue weighted by Gasteiger charge is 2.37. The van der Waals surface area contributed by atoms with Gasteiger partial charge in [-0.1, -0.05) is 0 Å². The van der Waals surface area contributed by atoms with Crippen LogP contribution in [0.1, 0.15) is 5.82 Å². The second-order valence-corrected chi connectivity index (χ2v) is 3.56. The van der Waals surface area contributed by atoms with Crippen LogP contribution in [0.5, 0.6) is 0 Å². The number of rotatable bonds is 2. The topological polar surface area (TPSA) is 64.1 Å². The molecule has 1 aromatic heterocycles. The van der Waals surface area contributed by atoms with Crippen molar-refractivity contribution in [3.8, 4) is 0 Å². The molecule has 0 aliphatic heterocycles. The van der Waals surface area contributed by atoms with Gasteiger partial charge in [-0.05, 0) is 18.2 Å². The number of aromatic nitrogens is 2. The van der Waals surface area contributed by atoms with Crippen LogP contribution in [0.4, 0.5) is 18.9 Å². The van der Waals surface area contributed by atoms with Crippen LogP contribution in [0.2, 0.25) is 0 Å². The Morgan fingerprint density at radius 3 is 2.65 bits per heavy atom. The summed E-state index contributed by atoms with van der Waals surface area (Å²) < 4.78 is 39.1. The van der Waals surface area contributed by atoms with Crippen LogP contribution in [0.25, 0.3) is 11.0 Å². The third-order valence-corrected chi connectivity index (χ3v) is 2.35. The summed E-state index contributed by atoms with van der Waals surface area (Å²) in [6.45, 7) is -0.571. The van der Waals surface area contributed by atoms with E-state index in [1.165, 1.54) is 18.2 Å². The lowest BCUT2D eigenvalue weighted by Gasteiger charge is -2.09. The number of nitrogens with two attached hydrogens (primary N) is 1. The van der Waals surface area contributed by atoms with Gasteiger partial charge in [0.2, 0.25) is 5.82 Å². The van der Waals surface area contributed by atoms with Crippen LogP contribution in [0.3, 0.4) is 0 Å². The Morgan fingerprint density at radius 1 is 1.35 bits per heavy atom. The van der Waals surface area contributed by atoms with Crippen molar-refractivity contribution >= 4 is 16.7 Å². The number of alkyl halides is 3. The molecule has 0 atom stereocenters. The fraction of sp³-hybridized carbons (Fsp3) is 0.300. The van der Waals surface area contributed by atoms with Gasteiger partial charge in [-0.25, -0.2) is 4.98 Å². The molecule has 4 nitrogen and oxygen atoms in total. The van der Waals surface area contributed by atoms with Crippen LogP contribution >= 0.6 is 0 Å². The maximum absolute atomic E-state index is 12.7. The second-order valence-electron chi connectivity index (χ2n) is 3.56. The van der Waals surface area contributed by atoms with Crippen molar-refractivity contribution in [2.24, 2.45) is 0 Å². The molecule has 2 rings (SSSR count). The lowest BCUT2D eigenvalue weighted by molar-refractivity contribution is -0.147. The van der Waals surface area contributed by atoms with Crippen LogP contribution in [-0.4, -0.2) is 21.3 Å². The summed E-state index contributed by atoms with van der Waals surface area (Å²) in [5.74, 6) is -1.02. The van der Waals surface area contributed by atoms with Gasteiger partial charge in [0.15, 0.2) is 0 Å². The molecule has 0 amide bonds. The third-order valence-electron chi connectivity index (χ3n) is 2.35. The molecule has 0 aliphatic carbocycles. The number of halogens is 3. The fourth-order valence-corrected chi connectivity index (χ4v) is 1.68. The maximum atomic E-state index is 12.7. The fourth-order valence-electron chi connectivity index (χ4n) is 1.68. The molecule has 0 saturated heterocycles. The zero-order chi connectivity index (χ0) is 12.6. The number of nitrogens with zero attached hydrogens (tertiary/aromatic N) is 2. The van der Waals surface area contributed by atoms with E-state index in [0.29, 0.717) is 5.69 Å². The summed E-state index contributed by atoms with van der Waals surface area (Å²) in [6, 6.07) is 4.32. The zero-order valence-electron chi connectivity index (χ0n) is 8.70. The molecule has 0 radical (unpaired) electrons. The van der Waals surface area contributed by atoms with Gasteiger partial charge in [-0.15, -0.1) is 0 Å². The summed E-state index contributed by atoms with van der Waals surface area (Å²) in [7, 11) is 0. The van der Waals surface area contributed by atoms with E-state index in [9.17, 15) is 13.2 Å². The lowest BCUT2D eigenvalue weighted by atomic mass is 10.3. The molecule has 0 unspecified atom stereocenters. The Labute approximate surface area is 94.5 Å². The average molecular weight is 245 g/mol. The molecule has 1 heterocycles. The highest BCUT2D eigenvalue weighted by Crippen LogP contribution is 2.31. The van der Waals surface area contributed by atoms with Crippen molar-refractivity contribution in [2.75, 3.05) is 12.3 Å². The Bertz CT molecular complexity index is 547. The number of benzene rings is 1. The number of aliphatic hydroxyl groups excluding tert-OH is 1. The highest BCUT2D eigenvalue weighted by molar-refractivity contribution is 5.79. The lowest BCUT2D eigenvalue weighted by Crippen LogP contribution is -2.16. The van der Waals surface area contributed by atoms with Crippen molar-refractivity contribution in [3.05, 3.63) is 24.0 Å². The predicted molar refractivity (Wildman–Crippen MR) is 56.2 cm³/mol. The minimum absolute atomic E-state index is 0.172. The number of fused-ring (bicyclic) bond motifs is 1. The number of imidazole rings is 1. The molecule has 0 spiro atoms. The van der Waals surface area contributed by atoms with Crippen molar-refractivity contribution < 1.29 is 18.3 Å². The first kappa shape index (κ1) is 11.7. The van der Waals surface area contributed by atoms with E-state index in [4.69, 9.17) is 10.8 Å². The molecule has 0 saturated carbocycles. The number of aliphatic hydroxyl groups is 1. The first-order valence-corrected chi connectivity index (χ1v) is 4.87. The van der Waals surface area contributed by atoms with Gasteiger partial charge in [0.25, 0.3) is 0 Å². The van der Waals surface area contributed by atoms with Gasteiger partial charge in [-0.2, -0.15) is 13.2 Å². The zero-order valence-corrected chi connectivity index (χ0v) is 8.70. The molecular weight excluding hydrogens is 235 g/mol. The standard InChI is InChI=1S/C10H10F3N3O/c11-10(12,13)9-15-7-2-1-6(14)5-8(7)16(9)3-4-17/h1-2,5,17H,3-4,14H2. The summed E-state index contributed by atoms with van der Waals surface area (Å²) in [6.07, 6.45) is -4.55. The SMILES string of the molecule is Nc1ccc2nc(C(F)(F)F)n(CCO)c2c1. The number of anilines is 1. The largest absolute Gasteiger partial charge is 0.449 e. The first-order chi connectivity index (χ1) is 7.93. The molecule has 0 fully saturated rings. The molecular formula is C10H10F3N3O. The summed E-state index contributed by atoms with van der Waals surface area (Å²) >= 11 is 0. The number of hydrogen-bond acceptors (Lipinski definition) is 3. The van der Waals surface area contributed by atoms with Crippen LogP contribution in [-0.2, 0) is 12.7 Å². The Kier molecular flexibility index (Phi) is 2.70. The molecule has 1 aromatic carbocycles. The molecule has 7 heteroatoms. The van der Waals surface area contributed by atoms with Crippen LogP contribution < -0.4 is 5.73 Å². The summed E-state index contributed by atoms with van der Waals surface area (Å²) in [4.78, 5) is 3.51. The average Bonchev–Trinajstić information content (AvgIpc) is 2.57. The monoisotopic (exact) mass is 245 g/mol. The molecule has 2 aromatic rings. The Morgan fingerprint density at radius 2 is 2.06 bits per heavy atom. The highest BCUT2D eigenvalue weighted by atomic mass is 19.4. The van der Waals surface area contributed by atoms with Gasteiger partial charge in [0.1, 0.15) is 0 Å². The van der Waals surface area contributed by atoms with Crippen molar-refractivity contribution in [1.82, 2.24) is 9.55 Å². The van der Waals surface area contributed by atoms with Crippen molar-refractivity contribution in [2.45, 2.75) is 12.7 Å². The van der Waals surface area contributed by atoms with Gasteiger partial charge >= 0.3 is 6.18 Å². The van der Waals surface area contributed by atoms with E-state index >= 15 is 0 Å². The van der Waals surface area contributed by atoms with Crippen molar-refractivity contribution in [3.63, 3.8) is 0 Å². The molecule has 3 N–H and O–H groups in total. The second kappa shape index (κ2) is 3.92. The van der Waals surface area contributed by atoms with Gasteiger partial charge in [0.05, 0.1) is 17.6 Å². The van der Waals surface area contributed by atoms with Crippen molar-refractivity contribution in [1.29, 1.82) is 0 Å². The smallest absolute Gasteiger partial charge is 0.399 e. The number of hydrogen-bond donors (Lipinski definition) is 2. The first-order valence-electron chi connectivity index (χ1n) is 4.87. The molecule has 0 aliphatic rings. The summed E-state index contributed by atoms with van der Waals surface area (Å²) in [5, 5.41) is 8.81. The third kappa shape index (κ3) is 2.05. The van der Waals surface area contributed by atoms with Gasteiger partial charge in [-0.3, -0.25) is 0 Å². The van der Waals surface area contributed by atoms with E-state index < -0.39 is 18.6 Å². The number of nitrogen functional groups attached to an aromatic ring is 1. The van der Waals surface area contributed by atoms with E-state index in [2.05, 4.69) is 4.98 Å². The predicted octanol–water partition coefficient (Wildman–Crippen LogP) is 1.63. The van der Waals surface area contributed by atoms with E-state index in [1.54, 1.807) is 0 Å². The normalized spacial score (nSPS) is 12.2. The summed E-state index contributed by atoms with van der Waals surface area (Å²) in [5.41, 5.74) is 6.35. The quantitative estimate of drug-likeness (QED) is 0.790. The van der Waals surface area contributed by atoms with E-state index in [-0.39, 0.29) is 17.6 Å². The molecule has 92 valence electrons. The van der Waals surface area contributed by atoms with E-state index in [0.717, 1.165) is 4.57 Å². The van der Waals surface area contributed by atoms with E-state index in [1.807, 2.05) is 0 Å². The molecule has 17 heavy (non-hydrogen) atoms. The Hall–Kier alpha value is -1.76. The minimum Gasteiger partial charge on any atom is -0.399 e. The van der Waals surface area contributed by atoms with Crippen LogP contribution in [0, 0.1) is 0 Å². The molecule has 0 bridgehead atoms. The maximum Gasteiger partial charge on any atom is 0.449 e. The minimum atomic E-state index is -4.55. The van der Waals surface area contributed by atoms with Crippen LogP contribution in [0.15, 0.2) is 18.2 Å². The Balaban J connectivity index is 2.71. The van der Waals surface area contributed by atoms with Gasteiger partial charge < -0.3 is 15.4 Å². The van der Waals surface area contributed by atoms with Gasteiger partial charge in [0, 0.05) is 12.2 Å².